The number of fused-ring (bicyclic) bond motifs is 1. The molecule has 6 nitrogen and oxygen atoms in total. The molecule has 0 atom stereocenters. The first-order valence-corrected chi connectivity index (χ1v) is 8.66. The highest BCUT2D eigenvalue weighted by Crippen LogP contribution is 2.30. The van der Waals surface area contributed by atoms with Crippen LogP contribution in [-0.4, -0.2) is 34.3 Å². The highest BCUT2D eigenvalue weighted by atomic mass is 79.9. The van der Waals surface area contributed by atoms with Gasteiger partial charge in [-0.3, -0.25) is 4.68 Å². The van der Waals surface area contributed by atoms with Crippen molar-refractivity contribution in [2.75, 3.05) is 6.54 Å². The molecule has 1 aliphatic heterocycles. The quantitative estimate of drug-likeness (QED) is 0.809. The number of aryl methyl sites for hydroxylation is 1. The van der Waals surface area contributed by atoms with E-state index in [9.17, 15) is 8.42 Å². The third-order valence-corrected chi connectivity index (χ3v) is 7.03. The minimum atomic E-state index is -3.43. The first kappa shape index (κ1) is 13.2. The third kappa shape index (κ3) is 2.24. The van der Waals surface area contributed by atoms with Crippen LogP contribution in [0.3, 0.4) is 0 Å². The van der Waals surface area contributed by atoms with Gasteiger partial charge in [-0.15, -0.1) is 16.4 Å². The number of aromatic nitrogens is 3. The van der Waals surface area contributed by atoms with Crippen molar-refractivity contribution in [3.05, 3.63) is 27.3 Å². The second kappa shape index (κ2) is 4.65. The summed E-state index contributed by atoms with van der Waals surface area (Å²) < 4.78 is 29.3. The molecule has 3 heterocycles. The van der Waals surface area contributed by atoms with Gasteiger partial charge in [-0.05, 0) is 28.1 Å². The summed E-state index contributed by atoms with van der Waals surface area (Å²) in [6.45, 7) is 0.757. The molecular weight excluding hydrogens is 352 g/mol. The molecule has 2 aromatic heterocycles. The number of thiophene rings is 1. The van der Waals surface area contributed by atoms with Crippen molar-refractivity contribution in [3.63, 3.8) is 0 Å². The first-order valence-electron chi connectivity index (χ1n) is 5.61. The zero-order chi connectivity index (χ0) is 13.6. The second-order valence-electron chi connectivity index (χ2n) is 4.25. The van der Waals surface area contributed by atoms with Crippen LogP contribution in [0.2, 0.25) is 0 Å². The van der Waals surface area contributed by atoms with Crippen molar-refractivity contribution in [3.8, 4) is 0 Å². The first-order chi connectivity index (χ1) is 8.98. The van der Waals surface area contributed by atoms with Gasteiger partial charge in [-0.1, -0.05) is 5.21 Å². The van der Waals surface area contributed by atoms with Crippen LogP contribution in [0.15, 0.2) is 20.1 Å². The van der Waals surface area contributed by atoms with Crippen LogP contribution in [0.5, 0.6) is 0 Å². The van der Waals surface area contributed by atoms with E-state index in [4.69, 9.17) is 0 Å². The Labute approximate surface area is 123 Å². The molecule has 0 saturated carbocycles. The van der Waals surface area contributed by atoms with Gasteiger partial charge < -0.3 is 0 Å². The fraction of sp³-hybridized carbons (Fsp3) is 0.400. The van der Waals surface area contributed by atoms with Crippen molar-refractivity contribution in [1.82, 2.24) is 19.3 Å². The van der Waals surface area contributed by atoms with Crippen LogP contribution >= 0.6 is 27.3 Å². The van der Waals surface area contributed by atoms with E-state index in [-0.39, 0.29) is 0 Å². The average molecular weight is 363 g/mol. The molecule has 0 bridgehead atoms. The molecule has 0 unspecified atom stereocenters. The van der Waals surface area contributed by atoms with Gasteiger partial charge in [-0.25, -0.2) is 8.42 Å². The fourth-order valence-electron chi connectivity index (χ4n) is 2.09. The Morgan fingerprint density at radius 3 is 2.89 bits per heavy atom. The van der Waals surface area contributed by atoms with E-state index in [1.165, 1.54) is 15.6 Å². The van der Waals surface area contributed by atoms with Gasteiger partial charge in [0.15, 0.2) is 0 Å². The molecule has 1 aliphatic rings. The van der Waals surface area contributed by atoms with Gasteiger partial charge >= 0.3 is 0 Å². The summed E-state index contributed by atoms with van der Waals surface area (Å²) in [7, 11) is -1.60. The highest BCUT2D eigenvalue weighted by molar-refractivity contribution is 9.11. The normalized spacial score (nSPS) is 16.5. The predicted molar refractivity (Wildman–Crippen MR) is 74.3 cm³/mol. The fourth-order valence-corrected chi connectivity index (χ4v) is 5.66. The second-order valence-corrected chi connectivity index (χ2v) is 8.88. The number of sulfonamides is 1. The number of rotatable bonds is 2. The highest BCUT2D eigenvalue weighted by Gasteiger charge is 2.31. The van der Waals surface area contributed by atoms with Gasteiger partial charge in [0.25, 0.3) is 10.0 Å². The smallest absolute Gasteiger partial charge is 0.252 e. The maximum atomic E-state index is 12.5. The Kier molecular flexibility index (Phi) is 3.24. The molecule has 0 fully saturated rings. The number of hydrogen-bond acceptors (Lipinski definition) is 5. The minimum absolute atomic E-state index is 0.293. The molecule has 0 aliphatic carbocycles. The Balaban J connectivity index is 1.92. The largest absolute Gasteiger partial charge is 0.252 e. The van der Waals surface area contributed by atoms with Gasteiger partial charge in [-0.2, -0.15) is 4.31 Å². The van der Waals surface area contributed by atoms with E-state index >= 15 is 0 Å². The average Bonchev–Trinajstić information content (AvgIpc) is 2.96. The van der Waals surface area contributed by atoms with Crippen LogP contribution in [-0.2, 0) is 30.0 Å². The van der Waals surface area contributed by atoms with Crippen LogP contribution in [0, 0.1) is 0 Å². The van der Waals surface area contributed by atoms with E-state index in [1.54, 1.807) is 16.8 Å². The van der Waals surface area contributed by atoms with Crippen molar-refractivity contribution < 1.29 is 8.42 Å². The van der Waals surface area contributed by atoms with E-state index < -0.39 is 10.0 Å². The lowest BCUT2D eigenvalue weighted by Gasteiger charge is -2.24. The predicted octanol–water partition coefficient (Wildman–Crippen LogP) is 1.39. The maximum Gasteiger partial charge on any atom is 0.252 e. The molecule has 0 amide bonds. The van der Waals surface area contributed by atoms with Crippen LogP contribution in [0.4, 0.5) is 0 Å². The molecule has 0 spiro atoms. The van der Waals surface area contributed by atoms with Crippen molar-refractivity contribution in [2.24, 2.45) is 7.05 Å². The summed E-state index contributed by atoms with van der Waals surface area (Å²) in [5.74, 6) is 0. The molecule has 19 heavy (non-hydrogen) atoms. The molecule has 0 N–H and O–H groups in total. The summed E-state index contributed by atoms with van der Waals surface area (Å²) in [6.07, 6.45) is 0.643. The topological polar surface area (TPSA) is 68.1 Å². The molecule has 0 aromatic carbocycles. The lowest BCUT2D eigenvalue weighted by atomic mass is 10.2. The SMILES string of the molecule is Cn1nnc2c1CCN(S(=O)(=O)c1ccc(Br)s1)C2. The van der Waals surface area contributed by atoms with Crippen molar-refractivity contribution >= 4 is 37.3 Å². The monoisotopic (exact) mass is 362 g/mol. The Bertz CT molecular complexity index is 722. The summed E-state index contributed by atoms with van der Waals surface area (Å²) in [5.41, 5.74) is 1.76. The van der Waals surface area contributed by atoms with Crippen LogP contribution in [0.25, 0.3) is 0 Å². The molecule has 9 heteroatoms. The van der Waals surface area contributed by atoms with E-state index in [0.29, 0.717) is 23.7 Å². The molecule has 3 rings (SSSR count). The summed E-state index contributed by atoms with van der Waals surface area (Å²) in [6, 6.07) is 3.37. The van der Waals surface area contributed by atoms with Gasteiger partial charge in [0.05, 0.1) is 16.0 Å². The summed E-state index contributed by atoms with van der Waals surface area (Å²) in [5, 5.41) is 7.95. The lowest BCUT2D eigenvalue weighted by molar-refractivity contribution is 0.383. The molecule has 0 radical (unpaired) electrons. The lowest BCUT2D eigenvalue weighted by Crippen LogP contribution is -2.36. The van der Waals surface area contributed by atoms with Crippen molar-refractivity contribution in [1.29, 1.82) is 0 Å². The minimum Gasteiger partial charge on any atom is -0.252 e. The zero-order valence-electron chi connectivity index (χ0n) is 10.1. The maximum absolute atomic E-state index is 12.5. The molecule has 0 saturated heterocycles. The Hall–Kier alpha value is -0.770. The van der Waals surface area contributed by atoms with E-state index in [0.717, 1.165) is 15.2 Å². The van der Waals surface area contributed by atoms with E-state index in [2.05, 4.69) is 26.2 Å². The van der Waals surface area contributed by atoms with Crippen LogP contribution < -0.4 is 0 Å². The van der Waals surface area contributed by atoms with Gasteiger partial charge in [0.2, 0.25) is 0 Å². The van der Waals surface area contributed by atoms with E-state index in [1.807, 2.05) is 7.05 Å². The number of nitrogens with zero attached hydrogens (tertiary/aromatic N) is 4. The number of hydrogen-bond donors (Lipinski definition) is 0. The third-order valence-electron chi connectivity index (χ3n) is 3.09. The molecule has 102 valence electrons. The van der Waals surface area contributed by atoms with Crippen LogP contribution in [0.1, 0.15) is 11.4 Å². The zero-order valence-corrected chi connectivity index (χ0v) is 13.3. The van der Waals surface area contributed by atoms with Gasteiger partial charge in [0.1, 0.15) is 9.90 Å². The number of halogens is 1. The standard InChI is InChI=1S/C10H11BrN4O2S2/c1-14-8-4-5-15(6-7(8)12-13-14)19(16,17)10-3-2-9(11)18-10/h2-3H,4-6H2,1H3. The summed E-state index contributed by atoms with van der Waals surface area (Å²) in [4.78, 5) is 0. The molecule has 2 aromatic rings. The van der Waals surface area contributed by atoms with Crippen molar-refractivity contribution in [2.45, 2.75) is 17.2 Å². The molecular formula is C10H11BrN4O2S2. The van der Waals surface area contributed by atoms with Gasteiger partial charge in [0, 0.05) is 20.0 Å². The Morgan fingerprint density at radius 1 is 1.42 bits per heavy atom. The summed E-state index contributed by atoms with van der Waals surface area (Å²) >= 11 is 4.51. The Morgan fingerprint density at radius 2 is 2.21 bits per heavy atom.